The van der Waals surface area contributed by atoms with Crippen molar-refractivity contribution in [2.24, 2.45) is 5.73 Å². The second kappa shape index (κ2) is 7.27. The first-order valence-electron chi connectivity index (χ1n) is 8.45. The van der Waals surface area contributed by atoms with E-state index < -0.39 is 5.91 Å². The van der Waals surface area contributed by atoms with Crippen molar-refractivity contribution in [1.29, 1.82) is 0 Å². The lowest BCUT2D eigenvalue weighted by Crippen LogP contribution is -2.11. The topological polar surface area (TPSA) is 88.0 Å². The molecule has 0 saturated heterocycles. The van der Waals surface area contributed by atoms with Gasteiger partial charge < -0.3 is 16.0 Å². The molecule has 26 heavy (non-hydrogen) atoms. The van der Waals surface area contributed by atoms with Crippen LogP contribution in [0.2, 0.25) is 0 Å². The normalized spacial score (nSPS) is 10.7. The van der Waals surface area contributed by atoms with E-state index in [2.05, 4.69) is 29.9 Å². The molecule has 1 heterocycles. The lowest BCUT2D eigenvalue weighted by molar-refractivity contribution is -0.104. The summed E-state index contributed by atoms with van der Waals surface area (Å²) < 4.78 is 0. The van der Waals surface area contributed by atoms with E-state index in [1.807, 2.05) is 30.3 Å². The zero-order chi connectivity index (χ0) is 18.7. The third-order valence-corrected chi connectivity index (χ3v) is 4.36. The second-order valence-electron chi connectivity index (χ2n) is 6.17. The lowest BCUT2D eigenvalue weighted by atomic mass is 9.98. The third-order valence-electron chi connectivity index (χ3n) is 4.36. The summed E-state index contributed by atoms with van der Waals surface area (Å²) in [4.78, 5) is 25.7. The summed E-state index contributed by atoms with van der Waals surface area (Å²) in [7, 11) is 0. The SMILES string of the molecule is C=C(C=O)CNc1cccc(-c2ccc(C(N)=O)c3[nH]c(CC)cc23)c1. The number of carbonyl (C=O) groups excluding carboxylic acids is 2. The summed E-state index contributed by atoms with van der Waals surface area (Å²) in [6.07, 6.45) is 1.58. The van der Waals surface area contributed by atoms with Gasteiger partial charge in [0, 0.05) is 28.9 Å². The molecule has 1 aromatic heterocycles. The van der Waals surface area contributed by atoms with Crippen molar-refractivity contribution in [3.8, 4) is 11.1 Å². The van der Waals surface area contributed by atoms with E-state index in [0.29, 0.717) is 17.7 Å². The first-order valence-corrected chi connectivity index (χ1v) is 8.45. The standard InChI is InChI=1S/C21H21N3O2/c1-3-15-10-19-17(7-8-18(21(22)26)20(19)24-15)14-5-4-6-16(9-14)23-11-13(2)12-25/h4-10,12,23-24H,2-3,11H2,1H3,(H2,22,26). The molecule has 0 aliphatic heterocycles. The van der Waals surface area contributed by atoms with Gasteiger partial charge in [0.25, 0.3) is 5.91 Å². The number of primary amides is 1. The summed E-state index contributed by atoms with van der Waals surface area (Å²) in [6.45, 7) is 6.12. The number of hydrogen-bond donors (Lipinski definition) is 3. The smallest absolute Gasteiger partial charge is 0.250 e. The second-order valence-corrected chi connectivity index (χ2v) is 6.17. The van der Waals surface area contributed by atoms with Gasteiger partial charge in [-0.25, -0.2) is 0 Å². The molecule has 132 valence electrons. The summed E-state index contributed by atoms with van der Waals surface area (Å²) in [6, 6.07) is 13.6. The minimum atomic E-state index is -0.450. The highest BCUT2D eigenvalue weighted by molar-refractivity contribution is 6.09. The maximum Gasteiger partial charge on any atom is 0.250 e. The number of hydrogen-bond acceptors (Lipinski definition) is 3. The van der Waals surface area contributed by atoms with Crippen molar-refractivity contribution in [2.75, 3.05) is 11.9 Å². The van der Waals surface area contributed by atoms with Gasteiger partial charge in [0.05, 0.1) is 11.1 Å². The zero-order valence-electron chi connectivity index (χ0n) is 14.6. The molecule has 0 radical (unpaired) electrons. The maximum atomic E-state index is 11.7. The Morgan fingerprint density at radius 1 is 1.27 bits per heavy atom. The average Bonchev–Trinajstić information content (AvgIpc) is 3.09. The molecule has 0 spiro atoms. The largest absolute Gasteiger partial charge is 0.381 e. The van der Waals surface area contributed by atoms with E-state index >= 15 is 0 Å². The first-order chi connectivity index (χ1) is 12.5. The first kappa shape index (κ1) is 17.5. The van der Waals surface area contributed by atoms with Gasteiger partial charge >= 0.3 is 0 Å². The maximum absolute atomic E-state index is 11.7. The van der Waals surface area contributed by atoms with E-state index in [1.165, 1.54) is 0 Å². The number of aryl methyl sites for hydroxylation is 1. The Bertz CT molecular complexity index is 1000. The van der Waals surface area contributed by atoms with E-state index in [4.69, 9.17) is 5.73 Å². The van der Waals surface area contributed by atoms with Crippen molar-refractivity contribution in [2.45, 2.75) is 13.3 Å². The van der Waals surface area contributed by atoms with E-state index in [0.717, 1.165) is 46.1 Å². The van der Waals surface area contributed by atoms with Crippen LogP contribution in [0.1, 0.15) is 23.0 Å². The fourth-order valence-electron chi connectivity index (χ4n) is 2.98. The van der Waals surface area contributed by atoms with Gasteiger partial charge in [-0.15, -0.1) is 0 Å². The number of aromatic nitrogens is 1. The zero-order valence-corrected chi connectivity index (χ0v) is 14.6. The van der Waals surface area contributed by atoms with Crippen LogP contribution in [0.15, 0.2) is 54.6 Å². The van der Waals surface area contributed by atoms with Crippen molar-refractivity contribution in [1.82, 2.24) is 4.98 Å². The molecule has 0 saturated carbocycles. The highest BCUT2D eigenvalue weighted by Gasteiger charge is 2.14. The number of rotatable bonds is 7. The van der Waals surface area contributed by atoms with Gasteiger partial charge in [0.2, 0.25) is 0 Å². The number of H-pyrrole nitrogens is 1. The Morgan fingerprint density at radius 3 is 2.77 bits per heavy atom. The third kappa shape index (κ3) is 3.37. The molecule has 5 heteroatoms. The van der Waals surface area contributed by atoms with Gasteiger partial charge in [-0.2, -0.15) is 0 Å². The number of nitrogens with two attached hydrogens (primary N) is 1. The quantitative estimate of drug-likeness (QED) is 0.450. The van der Waals surface area contributed by atoms with Crippen molar-refractivity contribution in [3.05, 3.63) is 65.9 Å². The molecular formula is C21H21N3O2. The Kier molecular flexibility index (Phi) is 4.89. The number of anilines is 1. The molecule has 2 aromatic carbocycles. The molecule has 5 nitrogen and oxygen atoms in total. The Balaban J connectivity index is 2.06. The summed E-state index contributed by atoms with van der Waals surface area (Å²) in [5.41, 5.74) is 11.2. The molecule has 3 rings (SSSR count). The van der Waals surface area contributed by atoms with Crippen LogP contribution < -0.4 is 11.1 Å². The minimum Gasteiger partial charge on any atom is -0.381 e. The fraction of sp³-hybridized carbons (Fsp3) is 0.143. The molecule has 1 amide bonds. The molecule has 4 N–H and O–H groups in total. The van der Waals surface area contributed by atoms with Crippen LogP contribution in [0, 0.1) is 0 Å². The Hall–Kier alpha value is -3.34. The predicted octanol–water partition coefficient (Wildman–Crippen LogP) is 3.66. The van der Waals surface area contributed by atoms with Crippen LogP contribution in [0.5, 0.6) is 0 Å². The average molecular weight is 347 g/mol. The highest BCUT2D eigenvalue weighted by Crippen LogP contribution is 2.32. The Morgan fingerprint density at radius 2 is 2.08 bits per heavy atom. The Labute approximate surface area is 151 Å². The van der Waals surface area contributed by atoms with Crippen molar-refractivity contribution >= 4 is 28.8 Å². The lowest BCUT2D eigenvalue weighted by Gasteiger charge is -2.10. The van der Waals surface area contributed by atoms with Crippen LogP contribution in [0.4, 0.5) is 5.69 Å². The van der Waals surface area contributed by atoms with Gasteiger partial charge in [-0.1, -0.05) is 31.7 Å². The van der Waals surface area contributed by atoms with E-state index in [-0.39, 0.29) is 0 Å². The van der Waals surface area contributed by atoms with Gasteiger partial charge in [0.15, 0.2) is 0 Å². The van der Waals surface area contributed by atoms with Crippen LogP contribution in [-0.2, 0) is 11.2 Å². The number of aldehydes is 1. The predicted molar refractivity (Wildman–Crippen MR) is 105 cm³/mol. The number of nitrogens with one attached hydrogen (secondary N) is 2. The molecule has 0 bridgehead atoms. The van der Waals surface area contributed by atoms with Crippen molar-refractivity contribution in [3.63, 3.8) is 0 Å². The van der Waals surface area contributed by atoms with Crippen LogP contribution >= 0.6 is 0 Å². The number of aromatic amines is 1. The molecule has 0 aliphatic carbocycles. The minimum absolute atomic E-state index is 0.396. The van der Waals surface area contributed by atoms with Gasteiger partial charge in [0.1, 0.15) is 6.29 Å². The van der Waals surface area contributed by atoms with Crippen LogP contribution in [0.25, 0.3) is 22.0 Å². The molecule has 0 aliphatic rings. The van der Waals surface area contributed by atoms with E-state index in [9.17, 15) is 9.59 Å². The molecule has 3 aromatic rings. The fourth-order valence-corrected chi connectivity index (χ4v) is 2.98. The van der Waals surface area contributed by atoms with Crippen LogP contribution in [-0.4, -0.2) is 23.7 Å². The summed E-state index contributed by atoms with van der Waals surface area (Å²) in [5.74, 6) is -0.450. The number of fused-ring (bicyclic) bond motifs is 1. The molecule has 0 unspecified atom stereocenters. The number of carbonyl (C=O) groups is 2. The molecular weight excluding hydrogens is 326 g/mol. The summed E-state index contributed by atoms with van der Waals surface area (Å²) in [5, 5.41) is 4.15. The number of benzene rings is 2. The monoisotopic (exact) mass is 347 g/mol. The summed E-state index contributed by atoms with van der Waals surface area (Å²) >= 11 is 0. The molecule has 0 fully saturated rings. The van der Waals surface area contributed by atoms with Gasteiger partial charge in [-0.3, -0.25) is 9.59 Å². The van der Waals surface area contributed by atoms with Crippen LogP contribution in [0.3, 0.4) is 0 Å². The van der Waals surface area contributed by atoms with Crippen molar-refractivity contribution < 1.29 is 9.59 Å². The van der Waals surface area contributed by atoms with E-state index in [1.54, 1.807) is 6.07 Å². The highest BCUT2D eigenvalue weighted by atomic mass is 16.1. The molecule has 0 atom stereocenters. The number of amides is 1. The van der Waals surface area contributed by atoms with Gasteiger partial charge in [-0.05, 0) is 41.8 Å².